The fraction of sp³-hybridized carbons (Fsp3) is 0.280. The smallest absolute Gasteiger partial charge is 0.301 e. The number of carbonyl (C=O) groups is 2. The number of unbranched alkanes of at least 4 members (excludes halogenated alkanes) is 1. The van der Waals surface area contributed by atoms with Crippen LogP contribution in [0.4, 0.5) is 23.3 Å². The molecule has 3 rings (SSSR count). The summed E-state index contributed by atoms with van der Waals surface area (Å²) in [5.74, 6) is -0.729. The van der Waals surface area contributed by atoms with E-state index in [0.717, 1.165) is 0 Å². The van der Waals surface area contributed by atoms with Gasteiger partial charge in [-0.25, -0.2) is 19.9 Å². The highest BCUT2D eigenvalue weighted by atomic mass is 35.5. The summed E-state index contributed by atoms with van der Waals surface area (Å²) in [6, 6.07) is 7.09. The van der Waals surface area contributed by atoms with Crippen molar-refractivity contribution in [1.82, 2.24) is 25.3 Å². The molecule has 0 bridgehead atoms. The summed E-state index contributed by atoms with van der Waals surface area (Å²) in [5.41, 5.74) is 33.5. The molecule has 0 radical (unpaired) electrons. The van der Waals surface area contributed by atoms with Crippen molar-refractivity contribution in [3.8, 4) is 11.5 Å². The minimum Gasteiger partial charge on any atom is -0.494 e. The van der Waals surface area contributed by atoms with E-state index in [1.54, 1.807) is 24.3 Å². The van der Waals surface area contributed by atoms with Crippen molar-refractivity contribution in [1.29, 1.82) is 0 Å². The topological polar surface area (TPSA) is 297 Å². The zero-order chi connectivity index (χ0) is 32.2. The van der Waals surface area contributed by atoms with E-state index in [2.05, 4.69) is 35.2 Å². The van der Waals surface area contributed by atoms with Crippen LogP contribution in [0.5, 0.6) is 11.5 Å². The minimum atomic E-state index is -0.753. The van der Waals surface area contributed by atoms with Crippen LogP contribution in [-0.2, 0) is 0 Å². The Morgan fingerprint density at radius 1 is 0.750 bits per heavy atom. The van der Waals surface area contributed by atoms with E-state index in [-0.39, 0.29) is 63.3 Å². The molecule has 0 unspecified atom stereocenters. The molecule has 0 aliphatic carbocycles. The standard InChI is InChI=1S/C25H31Cl2N13O4/c26-17-21(31)38-19(29)15(36-17)23(41)35-14(28)4-1-2-10-43-12-5-7-13(8-6-12)44-11-3-9-34-25(33)40-24(42)16-20(30)39-22(32)18(27)37-16/h5-8H,1-4,9-11H2,(H2,28,35,41)(H4,29,31,38)(H4,30,32,39)(H3,33,34,40,42). The second-order valence-electron chi connectivity index (χ2n) is 8.88. The number of ether oxygens (including phenoxy) is 2. The number of benzene rings is 1. The van der Waals surface area contributed by atoms with Gasteiger partial charge in [0.15, 0.2) is 50.9 Å². The van der Waals surface area contributed by atoms with Gasteiger partial charge in [-0.15, -0.1) is 0 Å². The van der Waals surface area contributed by atoms with E-state index in [4.69, 9.17) is 67.1 Å². The first kappa shape index (κ1) is 33.3. The number of guanidine groups is 1. The summed E-state index contributed by atoms with van der Waals surface area (Å²) in [4.78, 5) is 47.4. The molecule has 0 saturated carbocycles. The van der Waals surface area contributed by atoms with Gasteiger partial charge < -0.3 is 43.9 Å². The summed E-state index contributed by atoms with van der Waals surface area (Å²) in [7, 11) is 0. The highest BCUT2D eigenvalue weighted by Gasteiger charge is 2.17. The summed E-state index contributed by atoms with van der Waals surface area (Å²) >= 11 is 11.6. The molecule has 1 aromatic carbocycles. The van der Waals surface area contributed by atoms with Gasteiger partial charge in [0.05, 0.1) is 13.2 Å². The molecular weight excluding hydrogens is 617 g/mol. The lowest BCUT2D eigenvalue weighted by atomic mass is 10.2. The highest BCUT2D eigenvalue weighted by Crippen LogP contribution is 2.20. The summed E-state index contributed by atoms with van der Waals surface area (Å²) in [6.07, 6.45) is 2.18. The number of rotatable bonds is 13. The predicted octanol–water partition coefficient (Wildman–Crippen LogP) is 1.16. The van der Waals surface area contributed by atoms with Crippen LogP contribution in [0.3, 0.4) is 0 Å². The van der Waals surface area contributed by atoms with E-state index in [9.17, 15) is 9.59 Å². The van der Waals surface area contributed by atoms with Crippen molar-refractivity contribution in [2.24, 2.45) is 21.5 Å². The third-order valence-corrected chi connectivity index (χ3v) is 6.04. The third-order valence-electron chi connectivity index (χ3n) is 5.49. The third kappa shape index (κ3) is 9.99. The number of hydrogen-bond acceptors (Lipinski definition) is 13. The fourth-order valence-electron chi connectivity index (χ4n) is 3.35. The van der Waals surface area contributed by atoms with Crippen molar-refractivity contribution in [3.63, 3.8) is 0 Å². The second-order valence-corrected chi connectivity index (χ2v) is 9.59. The first-order valence-electron chi connectivity index (χ1n) is 13.0. The number of nitrogens with two attached hydrogens (primary N) is 6. The molecule has 0 fully saturated rings. The van der Waals surface area contributed by atoms with Gasteiger partial charge in [-0.1, -0.05) is 23.2 Å². The number of nitrogens with zero attached hydrogens (tertiary/aromatic N) is 6. The lowest BCUT2D eigenvalue weighted by Crippen LogP contribution is -2.38. The Morgan fingerprint density at radius 2 is 1.27 bits per heavy atom. The number of carbonyl (C=O) groups excluding carboxylic acids is 2. The number of aliphatic imine (C=N–C) groups is 2. The van der Waals surface area contributed by atoms with Crippen LogP contribution in [0.2, 0.25) is 10.3 Å². The predicted molar refractivity (Wildman–Crippen MR) is 168 cm³/mol. The molecule has 13 N–H and O–H groups in total. The van der Waals surface area contributed by atoms with Crippen molar-refractivity contribution in [3.05, 3.63) is 46.0 Å². The molecule has 17 nitrogen and oxygen atoms in total. The molecule has 234 valence electrons. The van der Waals surface area contributed by atoms with E-state index in [1.165, 1.54) is 0 Å². The molecule has 44 heavy (non-hydrogen) atoms. The van der Waals surface area contributed by atoms with Crippen LogP contribution in [-0.4, -0.2) is 63.3 Å². The molecule has 0 aliphatic heterocycles. The Bertz CT molecular complexity index is 1550. The zero-order valence-electron chi connectivity index (χ0n) is 23.3. The van der Waals surface area contributed by atoms with Gasteiger partial charge in [0.1, 0.15) is 17.3 Å². The van der Waals surface area contributed by atoms with Gasteiger partial charge in [0.25, 0.3) is 5.91 Å². The Hall–Kier alpha value is -5.16. The maximum Gasteiger partial charge on any atom is 0.301 e. The van der Waals surface area contributed by atoms with Gasteiger partial charge in [-0.3, -0.25) is 19.9 Å². The van der Waals surface area contributed by atoms with E-state index in [0.29, 0.717) is 50.4 Å². The van der Waals surface area contributed by atoms with Crippen LogP contribution in [0.25, 0.3) is 0 Å². The maximum absolute atomic E-state index is 12.2. The number of nitrogens with one attached hydrogen (secondary N) is 1. The normalized spacial score (nSPS) is 11.7. The largest absolute Gasteiger partial charge is 0.494 e. The van der Waals surface area contributed by atoms with Crippen LogP contribution < -0.4 is 49.2 Å². The number of amides is 2. The Labute approximate surface area is 261 Å². The van der Waals surface area contributed by atoms with Crippen molar-refractivity contribution in [2.45, 2.75) is 25.7 Å². The molecule has 2 aromatic heterocycles. The SMILES string of the molecule is NC(CCCCOc1ccc(OCCCN=C(N)NC(=O)c2nc(Cl)c(N)nc2N)cc1)=NC(=O)c1nc(Cl)c(N)nc1N. The van der Waals surface area contributed by atoms with Crippen LogP contribution in [0, 0.1) is 0 Å². The van der Waals surface area contributed by atoms with Gasteiger partial charge in [0.2, 0.25) is 0 Å². The number of halogens is 2. The molecule has 0 saturated heterocycles. The van der Waals surface area contributed by atoms with E-state index >= 15 is 0 Å². The fourth-order valence-corrected chi connectivity index (χ4v) is 3.60. The maximum atomic E-state index is 12.2. The molecular formula is C25H31Cl2N13O4. The molecule has 19 heteroatoms. The number of amidine groups is 1. The van der Waals surface area contributed by atoms with Crippen LogP contribution in [0.15, 0.2) is 34.3 Å². The van der Waals surface area contributed by atoms with Crippen molar-refractivity contribution in [2.75, 3.05) is 42.7 Å². The minimum absolute atomic E-state index is 0.0840. The van der Waals surface area contributed by atoms with Crippen LogP contribution in [0.1, 0.15) is 46.7 Å². The van der Waals surface area contributed by atoms with Gasteiger partial charge >= 0.3 is 5.91 Å². The first-order valence-corrected chi connectivity index (χ1v) is 13.7. The lowest BCUT2D eigenvalue weighted by Gasteiger charge is -2.09. The first-order chi connectivity index (χ1) is 20.9. The molecule has 0 atom stereocenters. The quantitative estimate of drug-likeness (QED) is 0.0777. The Balaban J connectivity index is 1.31. The summed E-state index contributed by atoms with van der Waals surface area (Å²) in [6.45, 7) is 1.07. The Morgan fingerprint density at radius 3 is 1.86 bits per heavy atom. The Kier molecular flexibility index (Phi) is 12.0. The molecule has 3 aromatic rings. The molecule has 0 spiro atoms. The lowest BCUT2D eigenvalue weighted by molar-refractivity contribution is 0.0970. The summed E-state index contributed by atoms with van der Waals surface area (Å²) in [5, 5.41) is 2.06. The monoisotopic (exact) mass is 647 g/mol. The summed E-state index contributed by atoms with van der Waals surface area (Å²) < 4.78 is 11.4. The zero-order valence-corrected chi connectivity index (χ0v) is 24.8. The van der Waals surface area contributed by atoms with Crippen LogP contribution >= 0.6 is 23.2 Å². The number of hydrogen-bond donors (Lipinski definition) is 7. The van der Waals surface area contributed by atoms with Gasteiger partial charge in [0, 0.05) is 19.4 Å². The average Bonchev–Trinajstić information content (AvgIpc) is 2.97. The number of anilines is 4. The average molecular weight is 649 g/mol. The molecule has 2 amide bonds. The van der Waals surface area contributed by atoms with E-state index in [1.807, 2.05) is 0 Å². The van der Waals surface area contributed by atoms with Crippen molar-refractivity contribution >= 4 is 70.1 Å². The van der Waals surface area contributed by atoms with Gasteiger partial charge in [-0.2, -0.15) is 4.99 Å². The second kappa shape index (κ2) is 15.9. The highest BCUT2D eigenvalue weighted by molar-refractivity contribution is 6.32. The number of aromatic nitrogens is 4. The molecule has 2 heterocycles. The van der Waals surface area contributed by atoms with E-state index < -0.39 is 11.8 Å². The van der Waals surface area contributed by atoms with Crippen molar-refractivity contribution < 1.29 is 19.1 Å². The van der Waals surface area contributed by atoms with Gasteiger partial charge in [-0.05, 0) is 37.1 Å². The number of nitrogen functional groups attached to an aromatic ring is 4. The molecule has 0 aliphatic rings.